The van der Waals surface area contributed by atoms with Gasteiger partial charge in [-0.15, -0.1) is 0 Å². The molecule has 1 atom stereocenters. The molecular weight excluding hydrogens is 308 g/mol. The van der Waals surface area contributed by atoms with Crippen molar-refractivity contribution in [2.24, 2.45) is 0 Å². The quantitative estimate of drug-likeness (QED) is 0.277. The van der Waals surface area contributed by atoms with Crippen LogP contribution in [0.5, 0.6) is 0 Å². The van der Waals surface area contributed by atoms with Gasteiger partial charge in [-0.1, -0.05) is 51.7 Å². The number of hydrogen-bond donors (Lipinski definition) is 1. The minimum Gasteiger partial charge on any atom is -0.462 e. The van der Waals surface area contributed by atoms with Gasteiger partial charge in [-0.25, -0.2) is 0 Å². The van der Waals surface area contributed by atoms with E-state index in [4.69, 9.17) is 14.6 Å². The molecule has 0 rings (SSSR count). The first-order valence-electron chi connectivity index (χ1n) is 9.24. The second kappa shape index (κ2) is 16.5. The van der Waals surface area contributed by atoms with Crippen molar-refractivity contribution in [3.05, 3.63) is 12.2 Å². The fraction of sp³-hybridized carbons (Fsp3) is 0.789. The zero-order valence-corrected chi connectivity index (χ0v) is 15.3. The summed E-state index contributed by atoms with van der Waals surface area (Å²) in [6, 6.07) is 0. The smallest absolute Gasteiger partial charge is 0.306 e. The molecule has 0 bridgehead atoms. The van der Waals surface area contributed by atoms with E-state index in [9.17, 15) is 9.59 Å². The lowest BCUT2D eigenvalue weighted by molar-refractivity contribution is -0.161. The molecule has 0 saturated heterocycles. The Bertz CT molecular complexity index is 352. The lowest BCUT2D eigenvalue weighted by atomic mass is 10.1. The average molecular weight is 342 g/mol. The minimum absolute atomic E-state index is 0.0829. The topological polar surface area (TPSA) is 72.8 Å². The van der Waals surface area contributed by atoms with Crippen LogP contribution in [0.4, 0.5) is 0 Å². The average Bonchev–Trinajstić information content (AvgIpc) is 2.59. The van der Waals surface area contributed by atoms with Gasteiger partial charge in [-0.05, 0) is 25.7 Å². The van der Waals surface area contributed by atoms with E-state index in [1.807, 2.05) is 0 Å². The van der Waals surface area contributed by atoms with Crippen molar-refractivity contribution in [1.82, 2.24) is 0 Å². The molecule has 0 aromatic rings. The van der Waals surface area contributed by atoms with E-state index in [-0.39, 0.29) is 31.6 Å². The summed E-state index contributed by atoms with van der Waals surface area (Å²) in [6.07, 6.45) is 13.1. The summed E-state index contributed by atoms with van der Waals surface area (Å²) in [5, 5.41) is 9.13. The van der Waals surface area contributed by atoms with Crippen molar-refractivity contribution in [2.45, 2.75) is 84.2 Å². The van der Waals surface area contributed by atoms with Gasteiger partial charge in [-0.2, -0.15) is 0 Å². The minimum atomic E-state index is -0.761. The number of ether oxygens (including phenoxy) is 2. The summed E-state index contributed by atoms with van der Waals surface area (Å²) >= 11 is 0. The van der Waals surface area contributed by atoms with Crippen LogP contribution in [0.15, 0.2) is 12.2 Å². The highest BCUT2D eigenvalue weighted by atomic mass is 16.6. The molecule has 0 radical (unpaired) electrons. The zero-order chi connectivity index (χ0) is 18.0. The highest BCUT2D eigenvalue weighted by Crippen LogP contribution is 2.09. The van der Waals surface area contributed by atoms with Gasteiger partial charge >= 0.3 is 11.9 Å². The summed E-state index contributed by atoms with van der Waals surface area (Å²) in [5.41, 5.74) is 0. The second-order valence-electron chi connectivity index (χ2n) is 5.90. The number of allylic oxidation sites excluding steroid dienone is 2. The fourth-order valence-electron chi connectivity index (χ4n) is 2.12. The van der Waals surface area contributed by atoms with E-state index in [1.54, 1.807) is 6.92 Å². The summed E-state index contributed by atoms with van der Waals surface area (Å²) in [5.74, 6) is -0.710. The van der Waals surface area contributed by atoms with E-state index < -0.39 is 6.10 Å². The molecule has 5 nitrogen and oxygen atoms in total. The van der Waals surface area contributed by atoms with Gasteiger partial charge in [0.2, 0.25) is 0 Å². The number of aliphatic hydroxyl groups is 1. The Morgan fingerprint density at radius 1 is 0.958 bits per heavy atom. The number of unbranched alkanes of at least 4 members (excludes halogenated alkanes) is 6. The molecule has 0 spiro atoms. The van der Waals surface area contributed by atoms with Crippen LogP contribution in [0.3, 0.4) is 0 Å². The van der Waals surface area contributed by atoms with E-state index >= 15 is 0 Å². The van der Waals surface area contributed by atoms with Gasteiger partial charge in [0.1, 0.15) is 6.61 Å². The van der Waals surface area contributed by atoms with Gasteiger partial charge in [0, 0.05) is 12.8 Å². The van der Waals surface area contributed by atoms with Gasteiger partial charge in [0.05, 0.1) is 6.61 Å². The molecule has 5 heteroatoms. The van der Waals surface area contributed by atoms with E-state index in [0.717, 1.165) is 32.1 Å². The molecule has 140 valence electrons. The van der Waals surface area contributed by atoms with Crippen LogP contribution in [0.2, 0.25) is 0 Å². The van der Waals surface area contributed by atoms with Crippen LogP contribution in [-0.4, -0.2) is 36.4 Å². The summed E-state index contributed by atoms with van der Waals surface area (Å²) < 4.78 is 9.97. The largest absolute Gasteiger partial charge is 0.462 e. The van der Waals surface area contributed by atoms with Gasteiger partial charge in [-0.3, -0.25) is 9.59 Å². The third-order valence-corrected chi connectivity index (χ3v) is 3.59. The predicted octanol–water partition coefficient (Wildman–Crippen LogP) is 3.93. The maximum atomic E-state index is 11.7. The monoisotopic (exact) mass is 342 g/mol. The third kappa shape index (κ3) is 14.2. The lowest BCUT2D eigenvalue weighted by Gasteiger charge is -2.15. The molecule has 0 heterocycles. The first-order chi connectivity index (χ1) is 11.6. The number of carbonyl (C=O) groups excluding carboxylic acids is 2. The van der Waals surface area contributed by atoms with Crippen LogP contribution < -0.4 is 0 Å². The molecule has 0 unspecified atom stereocenters. The number of esters is 2. The Hall–Kier alpha value is -1.36. The fourth-order valence-corrected chi connectivity index (χ4v) is 2.12. The highest BCUT2D eigenvalue weighted by molar-refractivity contribution is 5.70. The molecule has 24 heavy (non-hydrogen) atoms. The van der Waals surface area contributed by atoms with Crippen LogP contribution >= 0.6 is 0 Å². The van der Waals surface area contributed by atoms with Crippen molar-refractivity contribution in [3.63, 3.8) is 0 Å². The normalized spacial score (nSPS) is 12.3. The Morgan fingerprint density at radius 3 is 2.29 bits per heavy atom. The van der Waals surface area contributed by atoms with Gasteiger partial charge in [0.25, 0.3) is 0 Å². The van der Waals surface area contributed by atoms with Crippen LogP contribution in [0.25, 0.3) is 0 Å². The standard InChI is InChI=1S/C19H34O5/c1-3-5-6-7-8-9-10-11-12-13-14-19(22)24-17(15-20)16-23-18(21)4-2/h6-7,17,20H,3-5,8-16H2,1-2H3/b7-6+/t17-/m0/s1. The summed E-state index contributed by atoms with van der Waals surface area (Å²) in [6.45, 7) is 3.44. The molecule has 1 N–H and O–H groups in total. The van der Waals surface area contributed by atoms with Gasteiger partial charge < -0.3 is 14.6 Å². The van der Waals surface area contributed by atoms with Crippen molar-refractivity contribution >= 4 is 11.9 Å². The maximum Gasteiger partial charge on any atom is 0.306 e. The SMILES string of the molecule is CCC/C=C/CCCCCCCC(=O)O[C@@H](CO)COC(=O)CC. The summed E-state index contributed by atoms with van der Waals surface area (Å²) in [7, 11) is 0. The zero-order valence-electron chi connectivity index (χ0n) is 15.3. The Kier molecular flexibility index (Phi) is 15.6. The molecule has 0 aliphatic carbocycles. The van der Waals surface area contributed by atoms with Crippen molar-refractivity contribution < 1.29 is 24.2 Å². The lowest BCUT2D eigenvalue weighted by Crippen LogP contribution is -2.28. The molecule has 0 amide bonds. The third-order valence-electron chi connectivity index (χ3n) is 3.59. The molecule has 0 aromatic heterocycles. The molecule has 0 aliphatic rings. The van der Waals surface area contributed by atoms with E-state index in [1.165, 1.54) is 19.3 Å². The maximum absolute atomic E-state index is 11.7. The van der Waals surface area contributed by atoms with Crippen LogP contribution in [0.1, 0.15) is 78.1 Å². The highest BCUT2D eigenvalue weighted by Gasteiger charge is 2.15. The Morgan fingerprint density at radius 2 is 1.62 bits per heavy atom. The van der Waals surface area contributed by atoms with Crippen LogP contribution in [0, 0.1) is 0 Å². The Balaban J connectivity index is 3.58. The first-order valence-corrected chi connectivity index (χ1v) is 9.24. The van der Waals surface area contributed by atoms with Crippen molar-refractivity contribution in [2.75, 3.05) is 13.2 Å². The second-order valence-corrected chi connectivity index (χ2v) is 5.90. The molecule has 0 aliphatic heterocycles. The number of aliphatic hydroxyl groups excluding tert-OH is 1. The van der Waals surface area contributed by atoms with Crippen LogP contribution in [-0.2, 0) is 19.1 Å². The van der Waals surface area contributed by atoms with Crippen molar-refractivity contribution in [1.29, 1.82) is 0 Å². The number of hydrogen-bond acceptors (Lipinski definition) is 5. The Labute approximate surface area is 146 Å². The molecule has 0 aromatic carbocycles. The van der Waals surface area contributed by atoms with Crippen molar-refractivity contribution in [3.8, 4) is 0 Å². The van der Waals surface area contributed by atoms with Gasteiger partial charge in [0.15, 0.2) is 6.10 Å². The summed E-state index contributed by atoms with van der Waals surface area (Å²) in [4.78, 5) is 22.7. The molecular formula is C19H34O5. The molecule has 0 saturated carbocycles. The first kappa shape index (κ1) is 22.6. The number of carbonyl (C=O) groups is 2. The van der Waals surface area contributed by atoms with E-state index in [0.29, 0.717) is 6.42 Å². The van der Waals surface area contributed by atoms with E-state index in [2.05, 4.69) is 19.1 Å². The number of rotatable bonds is 15. The predicted molar refractivity (Wildman–Crippen MR) is 94.6 cm³/mol. The molecule has 0 fully saturated rings.